The first kappa shape index (κ1) is 11.0. The van der Waals surface area contributed by atoms with Crippen molar-refractivity contribution in [2.75, 3.05) is 45.8 Å². The molecular weight excluding hydrogens is 198 g/mol. The van der Waals surface area contributed by atoms with Gasteiger partial charge in [0, 0.05) is 44.7 Å². The van der Waals surface area contributed by atoms with Crippen LogP contribution in [0.25, 0.3) is 0 Å². The summed E-state index contributed by atoms with van der Waals surface area (Å²) in [5.41, 5.74) is 6.61. The van der Waals surface area contributed by atoms with Gasteiger partial charge in [0.1, 0.15) is 0 Å². The smallest absolute Gasteiger partial charge is 0.0110 e. The van der Waals surface area contributed by atoms with E-state index in [0.717, 1.165) is 18.4 Å². The number of hydrogen-bond acceptors (Lipinski definition) is 3. The first-order valence-corrected chi connectivity index (χ1v) is 6.92. The Morgan fingerprint density at radius 1 is 1.19 bits per heavy atom. The average molecular weight is 223 g/mol. The highest BCUT2D eigenvalue weighted by Gasteiger charge is 2.52. The molecule has 4 heterocycles. The van der Waals surface area contributed by atoms with Gasteiger partial charge in [0.15, 0.2) is 0 Å². The Hall–Kier alpha value is -0.120. The molecule has 3 nitrogen and oxygen atoms in total. The van der Waals surface area contributed by atoms with Crippen LogP contribution in [0.1, 0.15) is 19.8 Å². The van der Waals surface area contributed by atoms with E-state index < -0.39 is 0 Å². The van der Waals surface area contributed by atoms with Crippen molar-refractivity contribution in [3.63, 3.8) is 0 Å². The highest BCUT2D eigenvalue weighted by Crippen LogP contribution is 2.47. The van der Waals surface area contributed by atoms with Gasteiger partial charge in [-0.25, -0.2) is 0 Å². The van der Waals surface area contributed by atoms with Crippen LogP contribution in [0.5, 0.6) is 0 Å². The Kier molecular flexibility index (Phi) is 2.73. The van der Waals surface area contributed by atoms with E-state index in [0.29, 0.717) is 5.41 Å². The third-order valence-electron chi connectivity index (χ3n) is 5.15. The molecule has 4 aliphatic heterocycles. The number of nitrogens with zero attached hydrogens (tertiary/aromatic N) is 2. The van der Waals surface area contributed by atoms with Gasteiger partial charge in [-0.2, -0.15) is 0 Å². The lowest BCUT2D eigenvalue weighted by atomic mass is 9.61. The molecular formula is C13H25N3. The van der Waals surface area contributed by atoms with Crippen molar-refractivity contribution in [3.05, 3.63) is 0 Å². The van der Waals surface area contributed by atoms with Gasteiger partial charge >= 0.3 is 0 Å². The average Bonchev–Trinajstić information content (AvgIpc) is 2.47. The zero-order chi connectivity index (χ0) is 11.2. The summed E-state index contributed by atoms with van der Waals surface area (Å²) < 4.78 is 0. The molecule has 92 valence electrons. The van der Waals surface area contributed by atoms with Gasteiger partial charge in [0.2, 0.25) is 0 Å². The maximum absolute atomic E-state index is 6.08. The number of fused-ring (bicyclic) bond motifs is 1. The molecule has 3 atom stereocenters. The molecule has 0 aromatic carbocycles. The lowest BCUT2D eigenvalue weighted by molar-refractivity contribution is -0.0594. The summed E-state index contributed by atoms with van der Waals surface area (Å²) in [6.07, 6.45) is 2.68. The van der Waals surface area contributed by atoms with Gasteiger partial charge in [-0.05, 0) is 24.8 Å². The maximum Gasteiger partial charge on any atom is 0.0110 e. The van der Waals surface area contributed by atoms with Crippen molar-refractivity contribution >= 4 is 0 Å². The summed E-state index contributed by atoms with van der Waals surface area (Å²) in [6, 6.07) is 0. The molecule has 3 unspecified atom stereocenters. The Bertz CT molecular complexity index is 250. The van der Waals surface area contributed by atoms with Crippen LogP contribution in [0, 0.1) is 17.3 Å². The molecule has 4 aliphatic rings. The molecule has 3 heteroatoms. The predicted octanol–water partition coefficient (Wildman–Crippen LogP) is 0.609. The third-order valence-corrected chi connectivity index (χ3v) is 5.15. The minimum atomic E-state index is 0.529. The second-order valence-corrected chi connectivity index (χ2v) is 6.18. The maximum atomic E-state index is 6.08. The van der Waals surface area contributed by atoms with Gasteiger partial charge in [-0.3, -0.25) is 0 Å². The lowest BCUT2D eigenvalue weighted by Crippen LogP contribution is -2.62. The molecule has 2 N–H and O–H groups in total. The van der Waals surface area contributed by atoms with Gasteiger partial charge in [-0.1, -0.05) is 13.3 Å². The van der Waals surface area contributed by atoms with Crippen molar-refractivity contribution in [2.45, 2.75) is 19.8 Å². The fraction of sp³-hybridized carbons (Fsp3) is 1.00. The van der Waals surface area contributed by atoms with E-state index in [1.54, 1.807) is 0 Å². The lowest BCUT2D eigenvalue weighted by Gasteiger charge is -2.55. The van der Waals surface area contributed by atoms with Crippen molar-refractivity contribution < 1.29 is 0 Å². The Morgan fingerprint density at radius 2 is 1.81 bits per heavy atom. The van der Waals surface area contributed by atoms with Gasteiger partial charge in [-0.15, -0.1) is 0 Å². The zero-order valence-electron chi connectivity index (χ0n) is 10.5. The Morgan fingerprint density at radius 3 is 2.31 bits per heavy atom. The summed E-state index contributed by atoms with van der Waals surface area (Å²) in [6.45, 7) is 11.1. The summed E-state index contributed by atoms with van der Waals surface area (Å²) in [5.74, 6) is 1.64. The van der Waals surface area contributed by atoms with Gasteiger partial charge < -0.3 is 15.5 Å². The predicted molar refractivity (Wildman–Crippen MR) is 66.3 cm³/mol. The molecule has 0 aliphatic carbocycles. The molecule has 0 saturated carbocycles. The molecule has 4 bridgehead atoms. The standard InChI is InChI=1S/C13H25N3/c1-2-3-13-9-15-4-5-16(10-13)8-11(7-15)12(13)6-14/h11-12H,2-10,14H2,1H3. The normalized spacial score (nSPS) is 50.6. The second kappa shape index (κ2) is 3.97. The van der Waals surface area contributed by atoms with E-state index in [1.165, 1.54) is 52.1 Å². The van der Waals surface area contributed by atoms with E-state index in [-0.39, 0.29) is 0 Å². The zero-order valence-corrected chi connectivity index (χ0v) is 10.5. The molecule has 0 aromatic heterocycles. The summed E-state index contributed by atoms with van der Waals surface area (Å²) >= 11 is 0. The fourth-order valence-electron chi connectivity index (χ4n) is 4.69. The topological polar surface area (TPSA) is 32.5 Å². The van der Waals surface area contributed by atoms with Crippen molar-refractivity contribution in [3.8, 4) is 0 Å². The molecule has 16 heavy (non-hydrogen) atoms. The molecule has 0 radical (unpaired) electrons. The first-order valence-electron chi connectivity index (χ1n) is 6.92. The van der Waals surface area contributed by atoms with Crippen molar-refractivity contribution in [2.24, 2.45) is 23.0 Å². The van der Waals surface area contributed by atoms with Crippen LogP contribution in [-0.4, -0.2) is 55.6 Å². The van der Waals surface area contributed by atoms with Crippen LogP contribution in [0.15, 0.2) is 0 Å². The van der Waals surface area contributed by atoms with Crippen LogP contribution < -0.4 is 5.73 Å². The minimum Gasteiger partial charge on any atom is -0.330 e. The number of nitrogens with two attached hydrogens (primary N) is 1. The van der Waals surface area contributed by atoms with E-state index in [9.17, 15) is 0 Å². The molecule has 4 rings (SSSR count). The fourth-order valence-corrected chi connectivity index (χ4v) is 4.69. The molecule has 4 saturated heterocycles. The minimum absolute atomic E-state index is 0.529. The number of piperidine rings is 2. The SMILES string of the molecule is CCCC12CN3CCN(CC(C3)C1CN)C2. The summed E-state index contributed by atoms with van der Waals surface area (Å²) in [4.78, 5) is 5.42. The highest BCUT2D eigenvalue weighted by molar-refractivity contribution is 5.05. The van der Waals surface area contributed by atoms with E-state index in [2.05, 4.69) is 16.7 Å². The molecule has 0 amide bonds. The van der Waals surface area contributed by atoms with Crippen molar-refractivity contribution in [1.29, 1.82) is 0 Å². The molecule has 4 fully saturated rings. The second-order valence-electron chi connectivity index (χ2n) is 6.18. The number of rotatable bonds is 3. The summed E-state index contributed by atoms with van der Waals surface area (Å²) in [5, 5.41) is 0. The van der Waals surface area contributed by atoms with Crippen LogP contribution in [0.3, 0.4) is 0 Å². The molecule has 0 spiro atoms. The third kappa shape index (κ3) is 1.52. The largest absolute Gasteiger partial charge is 0.330 e. The Balaban J connectivity index is 1.92. The van der Waals surface area contributed by atoms with E-state index in [4.69, 9.17) is 5.73 Å². The van der Waals surface area contributed by atoms with E-state index in [1.807, 2.05) is 0 Å². The quantitative estimate of drug-likeness (QED) is 0.761. The van der Waals surface area contributed by atoms with Gasteiger partial charge in [0.05, 0.1) is 0 Å². The van der Waals surface area contributed by atoms with Crippen LogP contribution >= 0.6 is 0 Å². The Labute approximate surface area is 99.0 Å². The highest BCUT2D eigenvalue weighted by atomic mass is 15.3. The van der Waals surface area contributed by atoms with Crippen LogP contribution in [0.2, 0.25) is 0 Å². The van der Waals surface area contributed by atoms with Gasteiger partial charge in [0.25, 0.3) is 0 Å². The molecule has 0 aromatic rings. The van der Waals surface area contributed by atoms with Crippen LogP contribution in [-0.2, 0) is 0 Å². The number of hydrogen-bond donors (Lipinski definition) is 1. The van der Waals surface area contributed by atoms with Crippen LogP contribution in [0.4, 0.5) is 0 Å². The van der Waals surface area contributed by atoms with Crippen molar-refractivity contribution in [1.82, 2.24) is 9.80 Å². The monoisotopic (exact) mass is 223 g/mol. The first-order chi connectivity index (χ1) is 7.77. The van der Waals surface area contributed by atoms with E-state index >= 15 is 0 Å². The summed E-state index contributed by atoms with van der Waals surface area (Å²) in [7, 11) is 0.